The Bertz CT molecular complexity index is 1580. The number of halogens is 3. The van der Waals surface area contributed by atoms with Gasteiger partial charge in [0.25, 0.3) is 0 Å². The standard InChI is InChI=1S/C32H34F3NO9/c33-32(34,35)22-11-15(5-8-19(22)16-3-1-2-4-16)14-43-18-7-10-23-21(13-18)20-9-6-17(25(20)36-23)12-24(37)44-31-28(40)26(38)27(39)29(45-31)30(41)42/h5,7-8,10-11,13,16-17,26-29,31,36,38-40H,1-4,6,9,12,14H2,(H,41,42)/t17-,26-,27-,28+,29-,31?/m0/s1. The van der Waals surface area contributed by atoms with Crippen molar-refractivity contribution in [2.45, 2.75) is 100 Å². The van der Waals surface area contributed by atoms with Gasteiger partial charge in [-0.1, -0.05) is 25.0 Å². The fourth-order valence-electron chi connectivity index (χ4n) is 6.85. The second kappa shape index (κ2) is 12.3. The number of aromatic amines is 1. The zero-order valence-electron chi connectivity index (χ0n) is 24.1. The van der Waals surface area contributed by atoms with E-state index in [1.54, 1.807) is 24.3 Å². The summed E-state index contributed by atoms with van der Waals surface area (Å²) in [5.74, 6) is -2.24. The molecule has 2 heterocycles. The van der Waals surface area contributed by atoms with E-state index in [-0.39, 0.29) is 24.9 Å². The molecule has 0 bridgehead atoms. The second-order valence-corrected chi connectivity index (χ2v) is 12.1. The van der Waals surface area contributed by atoms with Crippen molar-refractivity contribution >= 4 is 22.8 Å². The number of rotatable bonds is 8. The number of carbonyl (C=O) groups is 2. The molecule has 0 amide bonds. The van der Waals surface area contributed by atoms with Crippen molar-refractivity contribution in [2.24, 2.45) is 0 Å². The van der Waals surface area contributed by atoms with Gasteiger partial charge in [-0.25, -0.2) is 4.79 Å². The van der Waals surface area contributed by atoms with Crippen molar-refractivity contribution < 1.29 is 57.4 Å². The van der Waals surface area contributed by atoms with Gasteiger partial charge < -0.3 is 39.6 Å². The summed E-state index contributed by atoms with van der Waals surface area (Å²) >= 11 is 0. The van der Waals surface area contributed by atoms with Crippen LogP contribution in [0.4, 0.5) is 13.2 Å². The first-order valence-electron chi connectivity index (χ1n) is 15.0. The molecule has 3 aromatic rings. The number of carboxylic acids is 1. The van der Waals surface area contributed by atoms with Crippen LogP contribution in [0.25, 0.3) is 10.9 Å². The molecule has 1 unspecified atom stereocenters. The van der Waals surface area contributed by atoms with Crippen molar-refractivity contribution in [3.63, 3.8) is 0 Å². The Balaban J connectivity index is 1.12. The summed E-state index contributed by atoms with van der Waals surface area (Å²) in [6, 6.07) is 9.80. The van der Waals surface area contributed by atoms with Crippen molar-refractivity contribution in [1.82, 2.24) is 4.98 Å². The molecule has 10 nitrogen and oxygen atoms in total. The number of aliphatic hydroxyl groups is 3. The summed E-state index contributed by atoms with van der Waals surface area (Å²) in [6.07, 6.45) is -9.21. The predicted octanol–water partition coefficient (Wildman–Crippen LogP) is 4.28. The van der Waals surface area contributed by atoms with Crippen molar-refractivity contribution in [3.8, 4) is 5.75 Å². The topological polar surface area (TPSA) is 159 Å². The lowest BCUT2D eigenvalue weighted by molar-refractivity contribution is -0.286. The van der Waals surface area contributed by atoms with Crippen LogP contribution in [0.5, 0.6) is 5.75 Å². The zero-order chi connectivity index (χ0) is 32.0. The van der Waals surface area contributed by atoms with Crippen molar-refractivity contribution in [2.75, 3.05) is 0 Å². The molecule has 3 aliphatic rings. The quantitative estimate of drug-likeness (QED) is 0.228. The van der Waals surface area contributed by atoms with E-state index in [0.717, 1.165) is 47.8 Å². The minimum Gasteiger partial charge on any atom is -0.489 e. The summed E-state index contributed by atoms with van der Waals surface area (Å²) in [7, 11) is 0. The molecule has 0 spiro atoms. The first-order chi connectivity index (χ1) is 21.4. The Morgan fingerprint density at radius 1 is 0.978 bits per heavy atom. The number of aliphatic hydroxyl groups excluding tert-OH is 3. The molecule has 2 aliphatic carbocycles. The molecule has 5 N–H and O–H groups in total. The fraction of sp³-hybridized carbons (Fsp3) is 0.500. The maximum atomic E-state index is 13.9. The number of ether oxygens (including phenoxy) is 3. The number of esters is 1. The number of hydrogen-bond donors (Lipinski definition) is 5. The van der Waals surface area contributed by atoms with E-state index in [4.69, 9.17) is 14.2 Å². The number of fused-ring (bicyclic) bond motifs is 3. The van der Waals surface area contributed by atoms with Gasteiger partial charge in [-0.2, -0.15) is 13.2 Å². The van der Waals surface area contributed by atoms with Gasteiger partial charge in [0, 0.05) is 22.5 Å². The van der Waals surface area contributed by atoms with E-state index in [0.29, 0.717) is 29.7 Å². The number of hydrogen-bond acceptors (Lipinski definition) is 8. The highest BCUT2D eigenvalue weighted by molar-refractivity contribution is 5.87. The Kier molecular flexibility index (Phi) is 8.55. The van der Waals surface area contributed by atoms with Crippen molar-refractivity contribution in [3.05, 3.63) is 64.3 Å². The van der Waals surface area contributed by atoms with Crippen LogP contribution < -0.4 is 4.74 Å². The molecule has 6 atom stereocenters. The molecule has 0 radical (unpaired) electrons. The molecular weight excluding hydrogens is 599 g/mol. The summed E-state index contributed by atoms with van der Waals surface area (Å²) in [5.41, 5.74) is 2.74. The summed E-state index contributed by atoms with van der Waals surface area (Å²) < 4.78 is 57.8. The fourth-order valence-corrected chi connectivity index (χ4v) is 6.85. The molecule has 1 saturated carbocycles. The van der Waals surface area contributed by atoms with Gasteiger partial charge in [-0.05, 0) is 72.6 Å². The molecule has 6 rings (SSSR count). The Hall–Kier alpha value is -3.65. The minimum absolute atomic E-state index is 0.0375. The highest BCUT2D eigenvalue weighted by Crippen LogP contribution is 2.43. The lowest BCUT2D eigenvalue weighted by atomic mass is 9.91. The number of carboxylic acid groups (broad SMARTS) is 1. The van der Waals surface area contributed by atoms with Gasteiger partial charge >= 0.3 is 18.1 Å². The zero-order valence-corrected chi connectivity index (χ0v) is 24.1. The highest BCUT2D eigenvalue weighted by Gasteiger charge is 2.48. The number of nitrogens with one attached hydrogen (secondary N) is 1. The third-order valence-corrected chi connectivity index (χ3v) is 9.16. The van der Waals surface area contributed by atoms with E-state index >= 15 is 0 Å². The van der Waals surface area contributed by atoms with Gasteiger partial charge in [-0.3, -0.25) is 4.79 Å². The molecular formula is C32H34F3NO9. The van der Waals surface area contributed by atoms with Crippen LogP contribution in [0.2, 0.25) is 0 Å². The number of benzene rings is 2. The summed E-state index contributed by atoms with van der Waals surface area (Å²) in [4.78, 5) is 27.4. The molecule has 242 valence electrons. The second-order valence-electron chi connectivity index (χ2n) is 12.1. The van der Waals surface area contributed by atoms with Crippen LogP contribution in [-0.2, 0) is 38.3 Å². The van der Waals surface area contributed by atoms with Crippen LogP contribution in [0.1, 0.15) is 78.3 Å². The van der Waals surface area contributed by atoms with Gasteiger partial charge in [0.1, 0.15) is 30.7 Å². The van der Waals surface area contributed by atoms with Gasteiger partial charge in [0.15, 0.2) is 6.10 Å². The number of alkyl halides is 3. The third kappa shape index (κ3) is 6.26. The van der Waals surface area contributed by atoms with Gasteiger partial charge in [0.05, 0.1) is 12.0 Å². The van der Waals surface area contributed by atoms with E-state index in [1.807, 2.05) is 6.07 Å². The van der Waals surface area contributed by atoms with E-state index in [2.05, 4.69) is 4.98 Å². The minimum atomic E-state index is -4.45. The maximum Gasteiger partial charge on any atom is 0.416 e. The van der Waals surface area contributed by atoms with Crippen LogP contribution in [0, 0.1) is 0 Å². The highest BCUT2D eigenvalue weighted by atomic mass is 19.4. The van der Waals surface area contributed by atoms with Crippen LogP contribution in [-0.4, -0.2) is 68.1 Å². The Morgan fingerprint density at radius 3 is 2.44 bits per heavy atom. The third-order valence-electron chi connectivity index (χ3n) is 9.16. The number of aryl methyl sites for hydroxylation is 1. The van der Waals surface area contributed by atoms with E-state index in [1.165, 1.54) is 6.07 Å². The Labute approximate surface area is 255 Å². The van der Waals surface area contributed by atoms with Crippen molar-refractivity contribution in [1.29, 1.82) is 0 Å². The molecule has 1 aromatic heterocycles. The molecule has 13 heteroatoms. The molecule has 2 aromatic carbocycles. The predicted molar refractivity (Wildman–Crippen MR) is 151 cm³/mol. The van der Waals surface area contributed by atoms with E-state index < -0.39 is 54.4 Å². The Morgan fingerprint density at radius 2 is 1.73 bits per heavy atom. The largest absolute Gasteiger partial charge is 0.489 e. The number of H-pyrrole nitrogens is 1. The first kappa shape index (κ1) is 31.3. The van der Waals surface area contributed by atoms with Crippen LogP contribution in [0.3, 0.4) is 0 Å². The number of carbonyl (C=O) groups excluding carboxylic acids is 1. The summed E-state index contributed by atoms with van der Waals surface area (Å²) in [5, 5.41) is 40.0. The average molecular weight is 634 g/mol. The molecule has 45 heavy (non-hydrogen) atoms. The maximum absolute atomic E-state index is 13.9. The van der Waals surface area contributed by atoms with Crippen LogP contribution in [0.15, 0.2) is 36.4 Å². The van der Waals surface area contributed by atoms with Gasteiger partial charge in [-0.15, -0.1) is 0 Å². The van der Waals surface area contributed by atoms with E-state index in [9.17, 15) is 43.2 Å². The average Bonchev–Trinajstić information content (AvgIpc) is 3.74. The van der Waals surface area contributed by atoms with Crippen LogP contribution >= 0.6 is 0 Å². The molecule has 2 fully saturated rings. The first-order valence-corrected chi connectivity index (χ1v) is 15.0. The van der Waals surface area contributed by atoms with Gasteiger partial charge in [0.2, 0.25) is 6.29 Å². The lowest BCUT2D eigenvalue weighted by Crippen LogP contribution is -2.60. The monoisotopic (exact) mass is 633 g/mol. The summed E-state index contributed by atoms with van der Waals surface area (Å²) in [6.45, 7) is -0.0375. The number of aliphatic carboxylic acids is 1. The molecule has 1 aliphatic heterocycles. The lowest BCUT2D eigenvalue weighted by Gasteiger charge is -2.38. The number of aromatic nitrogens is 1. The normalized spacial score (nSPS) is 27.1. The smallest absolute Gasteiger partial charge is 0.416 e. The SMILES string of the molecule is O=C(C[C@@H]1CCc2c1[nH]c1ccc(OCc3ccc(C4CCCC4)c(C(F)(F)F)c3)cc21)OC1O[C@H](C(=O)O)[C@@H](O)[C@H](O)[C@H]1O. The molecule has 1 saturated heterocycles.